The molecule has 110 valence electrons. The zero-order chi connectivity index (χ0) is 14.4. The molecule has 1 aliphatic rings. The molecule has 0 radical (unpaired) electrons. The number of nitrogens with zero attached hydrogens (tertiary/aromatic N) is 1. The molecular weight excluding hydrogens is 274 g/mol. The van der Waals surface area contributed by atoms with Crippen LogP contribution in [0.3, 0.4) is 0 Å². The number of halogens is 1. The van der Waals surface area contributed by atoms with Crippen molar-refractivity contribution in [2.75, 3.05) is 25.6 Å². The van der Waals surface area contributed by atoms with E-state index in [0.29, 0.717) is 18.9 Å². The highest BCUT2D eigenvalue weighted by molar-refractivity contribution is 6.17. The van der Waals surface area contributed by atoms with E-state index in [0.717, 1.165) is 31.5 Å². The number of alkyl halides is 1. The summed E-state index contributed by atoms with van der Waals surface area (Å²) in [4.78, 5) is 14.2. The van der Waals surface area contributed by atoms with Gasteiger partial charge in [-0.3, -0.25) is 4.79 Å². The van der Waals surface area contributed by atoms with Gasteiger partial charge < -0.3 is 9.64 Å². The fourth-order valence-corrected chi connectivity index (χ4v) is 2.68. The summed E-state index contributed by atoms with van der Waals surface area (Å²) in [5, 5.41) is 0. The van der Waals surface area contributed by atoms with Crippen LogP contribution in [0.1, 0.15) is 24.0 Å². The van der Waals surface area contributed by atoms with Gasteiger partial charge in [-0.25, -0.2) is 0 Å². The Hall–Kier alpha value is -1.06. The molecule has 2 rings (SSSR count). The second-order valence-electron chi connectivity index (χ2n) is 5.31. The topological polar surface area (TPSA) is 29.5 Å². The number of ether oxygens (including phenoxy) is 1. The van der Waals surface area contributed by atoms with Gasteiger partial charge in [0.1, 0.15) is 0 Å². The summed E-state index contributed by atoms with van der Waals surface area (Å²) >= 11 is 5.61. The summed E-state index contributed by atoms with van der Waals surface area (Å²) < 4.78 is 5.62. The molecule has 1 saturated heterocycles. The van der Waals surface area contributed by atoms with E-state index < -0.39 is 0 Å². The predicted molar refractivity (Wildman–Crippen MR) is 81.2 cm³/mol. The van der Waals surface area contributed by atoms with Gasteiger partial charge in [0, 0.05) is 19.0 Å². The maximum Gasteiger partial charge on any atom is 0.226 e. The van der Waals surface area contributed by atoms with Gasteiger partial charge in [-0.1, -0.05) is 29.8 Å². The van der Waals surface area contributed by atoms with Crippen molar-refractivity contribution in [1.82, 2.24) is 4.90 Å². The number of likely N-dealkylation sites (tertiary alicyclic amines) is 1. The van der Waals surface area contributed by atoms with Crippen molar-refractivity contribution in [1.29, 1.82) is 0 Å². The van der Waals surface area contributed by atoms with Crippen LogP contribution in [-0.4, -0.2) is 42.5 Å². The molecule has 1 aromatic carbocycles. The Kier molecular flexibility index (Phi) is 5.86. The zero-order valence-corrected chi connectivity index (χ0v) is 12.7. The Bertz CT molecular complexity index is 442. The summed E-state index contributed by atoms with van der Waals surface area (Å²) in [6, 6.07) is 8.15. The third kappa shape index (κ3) is 4.50. The SMILES string of the molecule is Cc1cccc(CC(=O)N2CCC(OCCCl)CC2)c1. The van der Waals surface area contributed by atoms with Gasteiger partial charge in [0.2, 0.25) is 5.91 Å². The molecule has 1 aliphatic heterocycles. The predicted octanol–water partition coefficient (Wildman–Crippen LogP) is 2.78. The summed E-state index contributed by atoms with van der Waals surface area (Å²) in [7, 11) is 0. The molecule has 20 heavy (non-hydrogen) atoms. The van der Waals surface area contributed by atoms with Crippen LogP contribution in [0.15, 0.2) is 24.3 Å². The van der Waals surface area contributed by atoms with Gasteiger partial charge in [-0.2, -0.15) is 0 Å². The molecular formula is C16H22ClNO2. The fourth-order valence-electron chi connectivity index (χ4n) is 2.59. The van der Waals surface area contributed by atoms with E-state index in [1.807, 2.05) is 30.0 Å². The molecule has 1 fully saturated rings. The van der Waals surface area contributed by atoms with Crippen molar-refractivity contribution in [3.8, 4) is 0 Å². The second kappa shape index (κ2) is 7.65. The summed E-state index contributed by atoms with van der Waals surface area (Å²) in [5.41, 5.74) is 2.29. The molecule has 0 saturated carbocycles. The Labute approximate surface area is 125 Å². The molecule has 0 spiro atoms. The number of carbonyl (C=O) groups is 1. The largest absolute Gasteiger partial charge is 0.377 e. The standard InChI is InChI=1S/C16H22ClNO2/c1-13-3-2-4-14(11-13)12-16(19)18-8-5-15(6-9-18)20-10-7-17/h2-4,11,15H,5-10,12H2,1H3. The van der Waals surface area contributed by atoms with Crippen molar-refractivity contribution < 1.29 is 9.53 Å². The molecule has 0 unspecified atom stereocenters. The van der Waals surface area contributed by atoms with Crippen LogP contribution < -0.4 is 0 Å². The zero-order valence-electron chi connectivity index (χ0n) is 12.0. The van der Waals surface area contributed by atoms with E-state index in [1.165, 1.54) is 5.56 Å². The molecule has 0 aliphatic carbocycles. The van der Waals surface area contributed by atoms with E-state index >= 15 is 0 Å². The average molecular weight is 296 g/mol. The van der Waals surface area contributed by atoms with Crippen LogP contribution >= 0.6 is 11.6 Å². The van der Waals surface area contributed by atoms with Gasteiger partial charge in [-0.05, 0) is 25.3 Å². The molecule has 1 heterocycles. The quantitative estimate of drug-likeness (QED) is 0.782. The monoisotopic (exact) mass is 295 g/mol. The third-order valence-electron chi connectivity index (χ3n) is 3.66. The van der Waals surface area contributed by atoms with Crippen LogP contribution in [-0.2, 0) is 16.0 Å². The van der Waals surface area contributed by atoms with Crippen LogP contribution in [0.2, 0.25) is 0 Å². The smallest absolute Gasteiger partial charge is 0.226 e. The van der Waals surface area contributed by atoms with Gasteiger partial charge >= 0.3 is 0 Å². The Morgan fingerprint density at radius 3 is 2.80 bits per heavy atom. The molecule has 0 N–H and O–H groups in total. The van der Waals surface area contributed by atoms with E-state index in [4.69, 9.17) is 16.3 Å². The lowest BCUT2D eigenvalue weighted by Crippen LogP contribution is -2.41. The Balaban J connectivity index is 1.80. The Morgan fingerprint density at radius 1 is 1.40 bits per heavy atom. The minimum Gasteiger partial charge on any atom is -0.377 e. The minimum absolute atomic E-state index is 0.214. The van der Waals surface area contributed by atoms with Crippen molar-refractivity contribution >= 4 is 17.5 Å². The number of amides is 1. The summed E-state index contributed by atoms with van der Waals surface area (Å²) in [5.74, 6) is 0.748. The number of carbonyl (C=O) groups excluding carboxylic acids is 1. The number of benzene rings is 1. The first kappa shape index (κ1) is 15.3. The van der Waals surface area contributed by atoms with Crippen molar-refractivity contribution in [2.24, 2.45) is 0 Å². The lowest BCUT2D eigenvalue weighted by atomic mass is 10.0. The van der Waals surface area contributed by atoms with E-state index in [9.17, 15) is 4.79 Å². The lowest BCUT2D eigenvalue weighted by Gasteiger charge is -2.32. The summed E-state index contributed by atoms with van der Waals surface area (Å²) in [6.07, 6.45) is 2.58. The van der Waals surface area contributed by atoms with Crippen LogP contribution in [0, 0.1) is 6.92 Å². The van der Waals surface area contributed by atoms with Gasteiger partial charge in [0.25, 0.3) is 0 Å². The molecule has 0 aromatic heterocycles. The van der Waals surface area contributed by atoms with Crippen LogP contribution in [0.4, 0.5) is 0 Å². The highest BCUT2D eigenvalue weighted by Gasteiger charge is 2.22. The first-order chi connectivity index (χ1) is 9.69. The maximum atomic E-state index is 12.3. The second-order valence-corrected chi connectivity index (χ2v) is 5.68. The van der Waals surface area contributed by atoms with Crippen molar-refractivity contribution in [2.45, 2.75) is 32.3 Å². The molecule has 0 bridgehead atoms. The molecule has 1 aromatic rings. The maximum absolute atomic E-state index is 12.3. The van der Waals surface area contributed by atoms with Crippen LogP contribution in [0.5, 0.6) is 0 Å². The Morgan fingerprint density at radius 2 is 2.15 bits per heavy atom. The van der Waals surface area contributed by atoms with E-state index in [2.05, 4.69) is 6.07 Å². The third-order valence-corrected chi connectivity index (χ3v) is 3.82. The number of hydrogen-bond acceptors (Lipinski definition) is 2. The van der Waals surface area contributed by atoms with Gasteiger partial charge in [-0.15, -0.1) is 11.6 Å². The number of rotatable bonds is 5. The van der Waals surface area contributed by atoms with E-state index in [-0.39, 0.29) is 12.0 Å². The molecule has 0 atom stereocenters. The highest BCUT2D eigenvalue weighted by Crippen LogP contribution is 2.15. The number of aryl methyl sites for hydroxylation is 1. The van der Waals surface area contributed by atoms with Crippen LogP contribution in [0.25, 0.3) is 0 Å². The molecule has 4 heteroatoms. The molecule has 3 nitrogen and oxygen atoms in total. The first-order valence-electron chi connectivity index (χ1n) is 7.20. The summed E-state index contributed by atoms with van der Waals surface area (Å²) in [6.45, 7) is 4.23. The fraction of sp³-hybridized carbons (Fsp3) is 0.562. The van der Waals surface area contributed by atoms with Gasteiger partial charge in [0.15, 0.2) is 0 Å². The average Bonchev–Trinajstić information content (AvgIpc) is 2.45. The van der Waals surface area contributed by atoms with Crippen molar-refractivity contribution in [3.05, 3.63) is 35.4 Å². The lowest BCUT2D eigenvalue weighted by molar-refractivity contribution is -0.133. The number of hydrogen-bond donors (Lipinski definition) is 0. The molecule has 1 amide bonds. The van der Waals surface area contributed by atoms with Gasteiger partial charge in [0.05, 0.1) is 19.1 Å². The highest BCUT2D eigenvalue weighted by atomic mass is 35.5. The first-order valence-corrected chi connectivity index (χ1v) is 7.73. The van der Waals surface area contributed by atoms with Crippen molar-refractivity contribution in [3.63, 3.8) is 0 Å². The number of piperidine rings is 1. The minimum atomic E-state index is 0.214. The van der Waals surface area contributed by atoms with E-state index in [1.54, 1.807) is 0 Å². The normalized spacial score (nSPS) is 16.4.